The third-order valence-corrected chi connectivity index (χ3v) is 6.67. The molecule has 0 radical (unpaired) electrons. The monoisotopic (exact) mass is 350 g/mol. The Labute approximate surface area is 115 Å². The maximum atomic E-state index is 11.6. The molecule has 0 aromatic rings. The molecule has 0 saturated carbocycles. The quantitative estimate of drug-likeness (QED) is 0.351. The Kier molecular flexibility index (Phi) is 15.1. The van der Waals surface area contributed by atoms with Gasteiger partial charge in [0.2, 0.25) is 0 Å². The van der Waals surface area contributed by atoms with E-state index in [1.807, 2.05) is 0 Å². The van der Waals surface area contributed by atoms with Crippen LogP contribution in [0, 0.1) is 0 Å². The van der Waals surface area contributed by atoms with E-state index in [0.717, 1.165) is 23.9 Å². The number of unbranched alkanes of at least 4 members (excludes halogenated alkanes) is 8. The van der Waals surface area contributed by atoms with Gasteiger partial charge in [0, 0.05) is 0 Å². The molecule has 0 amide bonds. The van der Waals surface area contributed by atoms with Gasteiger partial charge < -0.3 is 0 Å². The molecule has 0 atom stereocenters. The zero-order valence-corrected chi connectivity index (χ0v) is 14.7. The van der Waals surface area contributed by atoms with Crippen molar-refractivity contribution in [3.63, 3.8) is 0 Å². The second-order valence-corrected chi connectivity index (χ2v) is 9.17. The van der Waals surface area contributed by atoms with E-state index in [0.29, 0.717) is 0 Å². The molecule has 2 nitrogen and oxygen atoms in total. The first kappa shape index (κ1) is 17.6. The Morgan fingerprint density at radius 2 is 1.29 bits per heavy atom. The Bertz CT molecular complexity index is 172. The Morgan fingerprint density at radius 3 is 1.94 bits per heavy atom. The fourth-order valence-electron chi connectivity index (χ4n) is 1.84. The van der Waals surface area contributed by atoms with Crippen LogP contribution in [-0.4, -0.2) is 26.8 Å². The minimum absolute atomic E-state index is 0.744. The van der Waals surface area contributed by atoms with Crippen LogP contribution in [0.15, 0.2) is 0 Å². The van der Waals surface area contributed by atoms with Gasteiger partial charge in [0.1, 0.15) is 0 Å². The van der Waals surface area contributed by atoms with Crippen molar-refractivity contribution in [2.75, 3.05) is 6.61 Å². The number of hydrogen-bond donors (Lipinski definition) is 0. The van der Waals surface area contributed by atoms with Crippen molar-refractivity contribution in [1.82, 2.24) is 0 Å². The Morgan fingerprint density at radius 1 is 0.765 bits per heavy atom. The predicted octanol–water partition coefficient (Wildman–Crippen LogP) is 4.86. The van der Waals surface area contributed by atoms with Crippen molar-refractivity contribution in [2.45, 2.75) is 82.5 Å². The SMILES string of the molecule is CCCCCCC[CH2][Sn](=[O])[O]CCCCCC. The van der Waals surface area contributed by atoms with E-state index in [9.17, 15) is 3.08 Å². The fraction of sp³-hybridized carbons (Fsp3) is 1.00. The van der Waals surface area contributed by atoms with Crippen molar-refractivity contribution in [3.05, 3.63) is 0 Å². The summed E-state index contributed by atoms with van der Waals surface area (Å²) in [5.74, 6) is 0. The summed E-state index contributed by atoms with van der Waals surface area (Å²) in [6.07, 6.45) is 12.5. The molecule has 0 aromatic carbocycles. The number of rotatable bonds is 13. The molecule has 0 rings (SSSR count). The van der Waals surface area contributed by atoms with Gasteiger partial charge in [0.05, 0.1) is 0 Å². The zero-order valence-electron chi connectivity index (χ0n) is 11.8. The van der Waals surface area contributed by atoms with Gasteiger partial charge in [-0.15, -0.1) is 0 Å². The molecule has 0 fully saturated rings. The topological polar surface area (TPSA) is 26.3 Å². The maximum absolute atomic E-state index is 11.6. The minimum atomic E-state index is -2.60. The van der Waals surface area contributed by atoms with E-state index in [1.54, 1.807) is 0 Å². The second-order valence-electron chi connectivity index (χ2n) is 4.80. The normalized spacial score (nSPS) is 10.7. The fourth-order valence-corrected chi connectivity index (χ4v) is 4.85. The summed E-state index contributed by atoms with van der Waals surface area (Å²) < 4.78 is 18.0. The standard InChI is InChI=1S/C8H17.C6H13O.O.Sn/c1-3-5-7-8-6-4-2;1-2-3-4-5-6-7;;/h1,3-8H2,2H3;2-6H2,1H3;;/q;-1;;+1. The van der Waals surface area contributed by atoms with Crippen molar-refractivity contribution >= 4 is 20.2 Å². The third-order valence-electron chi connectivity index (χ3n) is 3.00. The summed E-state index contributed by atoms with van der Waals surface area (Å²) in [7, 11) is 0. The molecule has 0 saturated heterocycles. The van der Waals surface area contributed by atoms with Crippen LogP contribution in [0.3, 0.4) is 0 Å². The van der Waals surface area contributed by atoms with E-state index >= 15 is 0 Å². The second kappa shape index (κ2) is 14.6. The predicted molar refractivity (Wildman–Crippen MR) is 74.7 cm³/mol. The Hall–Kier alpha value is 0.559. The molecule has 0 heterocycles. The van der Waals surface area contributed by atoms with E-state index < -0.39 is 20.2 Å². The van der Waals surface area contributed by atoms with Gasteiger partial charge in [-0.2, -0.15) is 0 Å². The van der Waals surface area contributed by atoms with Crippen LogP contribution in [0.2, 0.25) is 4.44 Å². The van der Waals surface area contributed by atoms with Gasteiger partial charge in [-0.25, -0.2) is 0 Å². The van der Waals surface area contributed by atoms with Crippen LogP contribution < -0.4 is 0 Å². The molecule has 0 aliphatic heterocycles. The summed E-state index contributed by atoms with van der Waals surface area (Å²) in [5.41, 5.74) is 0. The van der Waals surface area contributed by atoms with E-state index in [4.69, 9.17) is 3.07 Å². The van der Waals surface area contributed by atoms with Gasteiger partial charge in [-0.05, 0) is 0 Å². The molecule has 0 aliphatic carbocycles. The number of hydrogen-bond acceptors (Lipinski definition) is 2. The van der Waals surface area contributed by atoms with Gasteiger partial charge in [0.15, 0.2) is 0 Å². The molecule has 0 N–H and O–H groups in total. The van der Waals surface area contributed by atoms with Gasteiger partial charge >= 0.3 is 115 Å². The Balaban J connectivity index is 3.12. The van der Waals surface area contributed by atoms with Crippen LogP contribution in [0.4, 0.5) is 0 Å². The first-order valence-electron chi connectivity index (χ1n) is 7.46. The third kappa shape index (κ3) is 14.5. The molecule has 3 heteroatoms. The molecular formula is C14H30O2Sn. The first-order chi connectivity index (χ1) is 8.31. The van der Waals surface area contributed by atoms with Crippen LogP contribution in [-0.2, 0) is 6.15 Å². The van der Waals surface area contributed by atoms with E-state index in [1.165, 1.54) is 51.4 Å². The summed E-state index contributed by atoms with van der Waals surface area (Å²) in [4.78, 5) is 0. The van der Waals surface area contributed by atoms with Crippen molar-refractivity contribution in [3.8, 4) is 0 Å². The molecule has 17 heavy (non-hydrogen) atoms. The van der Waals surface area contributed by atoms with Crippen LogP contribution in [0.5, 0.6) is 0 Å². The molecule has 0 aromatic heterocycles. The average molecular weight is 349 g/mol. The molecule has 102 valence electrons. The first-order valence-corrected chi connectivity index (χ1v) is 11.8. The molecule has 0 unspecified atom stereocenters. The van der Waals surface area contributed by atoms with Crippen molar-refractivity contribution in [2.24, 2.45) is 0 Å². The van der Waals surface area contributed by atoms with Gasteiger partial charge in [-0.1, -0.05) is 0 Å². The molecular weight excluding hydrogens is 319 g/mol. The van der Waals surface area contributed by atoms with Gasteiger partial charge in [-0.3, -0.25) is 0 Å². The zero-order chi connectivity index (χ0) is 12.8. The molecule has 0 bridgehead atoms. The van der Waals surface area contributed by atoms with Crippen LogP contribution in [0.1, 0.15) is 78.1 Å². The van der Waals surface area contributed by atoms with Crippen molar-refractivity contribution < 1.29 is 6.15 Å². The van der Waals surface area contributed by atoms with E-state index in [-0.39, 0.29) is 0 Å². The van der Waals surface area contributed by atoms with Crippen LogP contribution >= 0.6 is 0 Å². The molecule has 0 spiro atoms. The van der Waals surface area contributed by atoms with Crippen molar-refractivity contribution in [1.29, 1.82) is 0 Å². The summed E-state index contributed by atoms with van der Waals surface area (Å²) >= 11 is -2.60. The average Bonchev–Trinajstić information content (AvgIpc) is 2.33. The summed E-state index contributed by atoms with van der Waals surface area (Å²) in [6.45, 7) is 5.18. The van der Waals surface area contributed by atoms with Crippen LogP contribution in [0.25, 0.3) is 0 Å². The van der Waals surface area contributed by atoms with Gasteiger partial charge in [0.25, 0.3) is 0 Å². The summed E-state index contributed by atoms with van der Waals surface area (Å²) in [6, 6.07) is 0. The molecule has 0 aliphatic rings. The van der Waals surface area contributed by atoms with E-state index in [2.05, 4.69) is 13.8 Å². The summed E-state index contributed by atoms with van der Waals surface area (Å²) in [5, 5.41) is 0.